The Morgan fingerprint density at radius 1 is 1.33 bits per heavy atom. The quantitative estimate of drug-likeness (QED) is 0.779. The van der Waals surface area contributed by atoms with Gasteiger partial charge in [-0.15, -0.1) is 0 Å². The van der Waals surface area contributed by atoms with Gasteiger partial charge in [-0.2, -0.15) is 5.26 Å². The minimum atomic E-state index is 0.223. The summed E-state index contributed by atoms with van der Waals surface area (Å²) in [5.74, 6) is 0.474. The maximum atomic E-state index is 9.09. The topological polar surface area (TPSA) is 66.1 Å². The zero-order valence-corrected chi connectivity index (χ0v) is 10.5. The summed E-state index contributed by atoms with van der Waals surface area (Å²) in [6, 6.07) is 4.06. The van der Waals surface area contributed by atoms with Gasteiger partial charge in [0.05, 0.1) is 6.61 Å². The van der Waals surface area contributed by atoms with Crippen molar-refractivity contribution in [1.82, 2.24) is 4.98 Å². The van der Waals surface area contributed by atoms with Gasteiger partial charge in [0.2, 0.25) is 5.88 Å². The Hall–Kier alpha value is -1.60. The van der Waals surface area contributed by atoms with Crippen molar-refractivity contribution < 1.29 is 9.84 Å². The van der Waals surface area contributed by atoms with Gasteiger partial charge in [-0.3, -0.25) is 0 Å². The zero-order valence-electron chi connectivity index (χ0n) is 10.5. The van der Waals surface area contributed by atoms with E-state index in [0.717, 1.165) is 44.2 Å². The predicted molar refractivity (Wildman–Crippen MR) is 67.4 cm³/mol. The van der Waals surface area contributed by atoms with Crippen molar-refractivity contribution in [1.29, 1.82) is 5.26 Å². The van der Waals surface area contributed by atoms with E-state index in [1.165, 1.54) is 5.56 Å². The summed E-state index contributed by atoms with van der Waals surface area (Å²) in [6.07, 6.45) is 5.74. The molecule has 1 N–H and O–H groups in total. The van der Waals surface area contributed by atoms with E-state index in [2.05, 4.69) is 11.1 Å². The molecule has 0 radical (unpaired) electrons. The van der Waals surface area contributed by atoms with Gasteiger partial charge in [-0.05, 0) is 50.2 Å². The number of rotatable bonds is 6. The van der Waals surface area contributed by atoms with Gasteiger partial charge in [-0.25, -0.2) is 4.98 Å². The highest BCUT2D eigenvalue weighted by Crippen LogP contribution is 2.26. The van der Waals surface area contributed by atoms with Crippen molar-refractivity contribution in [3.05, 3.63) is 22.9 Å². The van der Waals surface area contributed by atoms with Gasteiger partial charge in [0.15, 0.2) is 0 Å². The second-order valence-corrected chi connectivity index (χ2v) is 4.54. The van der Waals surface area contributed by atoms with Crippen LogP contribution >= 0.6 is 0 Å². The number of hydrogen-bond acceptors (Lipinski definition) is 4. The summed E-state index contributed by atoms with van der Waals surface area (Å²) < 4.78 is 5.58. The number of fused-ring (bicyclic) bond motifs is 1. The minimum Gasteiger partial charge on any atom is -0.477 e. The van der Waals surface area contributed by atoms with Crippen molar-refractivity contribution in [3.63, 3.8) is 0 Å². The monoisotopic (exact) mass is 246 g/mol. The van der Waals surface area contributed by atoms with Crippen molar-refractivity contribution in [2.75, 3.05) is 13.2 Å². The van der Waals surface area contributed by atoms with Crippen LogP contribution in [0, 0.1) is 11.3 Å². The first-order valence-corrected chi connectivity index (χ1v) is 6.51. The van der Waals surface area contributed by atoms with Crippen molar-refractivity contribution >= 4 is 0 Å². The molecule has 1 aromatic rings. The molecule has 0 saturated carbocycles. The van der Waals surface area contributed by atoms with E-state index in [-0.39, 0.29) is 6.61 Å². The van der Waals surface area contributed by atoms with Crippen molar-refractivity contribution in [3.8, 4) is 11.9 Å². The van der Waals surface area contributed by atoms with E-state index in [1.54, 1.807) is 0 Å². The van der Waals surface area contributed by atoms with Crippen LogP contribution in [0.25, 0.3) is 0 Å². The molecule has 0 aromatic carbocycles. The number of hydrogen-bond donors (Lipinski definition) is 1. The smallest absolute Gasteiger partial charge is 0.231 e. The Balaban J connectivity index is 1.97. The Labute approximate surface area is 107 Å². The molecule has 0 atom stereocenters. The van der Waals surface area contributed by atoms with E-state index in [4.69, 9.17) is 15.1 Å². The predicted octanol–water partition coefficient (Wildman–Crippen LogP) is 1.98. The summed E-state index contributed by atoms with van der Waals surface area (Å²) in [5.41, 5.74) is 2.82. The third-order valence-corrected chi connectivity index (χ3v) is 3.18. The third-order valence-electron chi connectivity index (χ3n) is 3.18. The van der Waals surface area contributed by atoms with Crippen LogP contribution in [-0.4, -0.2) is 23.3 Å². The lowest BCUT2D eigenvalue weighted by molar-refractivity contribution is 0.262. The number of aliphatic hydroxyl groups is 1. The van der Waals surface area contributed by atoms with Gasteiger partial charge in [0.1, 0.15) is 11.6 Å². The molecule has 0 unspecified atom stereocenters. The van der Waals surface area contributed by atoms with Crippen LogP contribution in [0.1, 0.15) is 42.5 Å². The van der Waals surface area contributed by atoms with Gasteiger partial charge in [0, 0.05) is 12.3 Å². The Bertz CT molecular complexity index is 452. The average Bonchev–Trinajstić information content (AvgIpc) is 2.84. The molecule has 0 amide bonds. The van der Waals surface area contributed by atoms with Gasteiger partial charge >= 0.3 is 0 Å². The van der Waals surface area contributed by atoms with Crippen LogP contribution in [0.2, 0.25) is 0 Å². The molecule has 0 bridgehead atoms. The molecule has 0 spiro atoms. The molecular formula is C14H18N2O2. The summed E-state index contributed by atoms with van der Waals surface area (Å²) in [5, 5.41) is 17.8. The number of aromatic nitrogens is 1. The number of aryl methyl sites for hydroxylation is 2. The Morgan fingerprint density at radius 3 is 3.00 bits per heavy atom. The van der Waals surface area contributed by atoms with Crippen LogP contribution in [0.15, 0.2) is 6.07 Å². The molecule has 4 nitrogen and oxygen atoms in total. The van der Waals surface area contributed by atoms with Crippen molar-refractivity contribution in [2.45, 2.75) is 38.5 Å². The van der Waals surface area contributed by atoms with E-state index in [1.807, 2.05) is 6.07 Å². The number of unbranched alkanes of at least 4 members (excludes halogenated alkanes) is 2. The lowest BCUT2D eigenvalue weighted by Crippen LogP contribution is -2.03. The molecule has 1 aliphatic rings. The normalized spacial score (nSPS) is 13.1. The maximum Gasteiger partial charge on any atom is 0.231 e. The summed E-state index contributed by atoms with van der Waals surface area (Å²) in [6.45, 7) is 0.779. The number of pyridine rings is 1. The minimum absolute atomic E-state index is 0.223. The lowest BCUT2D eigenvalue weighted by atomic mass is 10.1. The highest BCUT2D eigenvalue weighted by molar-refractivity contribution is 5.44. The number of ether oxygens (including phenoxy) is 1. The van der Waals surface area contributed by atoms with Crippen LogP contribution < -0.4 is 4.74 Å². The highest BCUT2D eigenvalue weighted by atomic mass is 16.5. The van der Waals surface area contributed by atoms with Gasteiger partial charge < -0.3 is 9.84 Å². The second kappa shape index (κ2) is 6.36. The lowest BCUT2D eigenvalue weighted by Gasteiger charge is -2.08. The Kier molecular flexibility index (Phi) is 4.54. The number of aliphatic hydroxyl groups excluding tert-OH is 1. The largest absolute Gasteiger partial charge is 0.477 e. The molecule has 1 heterocycles. The van der Waals surface area contributed by atoms with Crippen LogP contribution in [0.3, 0.4) is 0 Å². The van der Waals surface area contributed by atoms with Gasteiger partial charge in [0.25, 0.3) is 0 Å². The molecule has 0 aliphatic heterocycles. The Morgan fingerprint density at radius 2 is 2.22 bits per heavy atom. The molecule has 2 rings (SSSR count). The molecule has 1 aromatic heterocycles. The third kappa shape index (κ3) is 2.99. The standard InChI is InChI=1S/C14H18N2O2/c15-10-12-9-11-5-4-6-13(11)16-14(12)18-8-3-1-2-7-17/h9,17H,1-8H2. The average molecular weight is 246 g/mol. The first kappa shape index (κ1) is 12.8. The summed E-state index contributed by atoms with van der Waals surface area (Å²) in [4.78, 5) is 4.45. The fourth-order valence-electron chi connectivity index (χ4n) is 2.20. The molecule has 0 fully saturated rings. The molecular weight excluding hydrogens is 228 g/mol. The zero-order chi connectivity index (χ0) is 12.8. The van der Waals surface area contributed by atoms with Crippen LogP contribution in [0.4, 0.5) is 0 Å². The van der Waals surface area contributed by atoms with E-state index >= 15 is 0 Å². The summed E-state index contributed by atoms with van der Waals surface area (Å²) >= 11 is 0. The maximum absolute atomic E-state index is 9.09. The molecule has 96 valence electrons. The molecule has 4 heteroatoms. The molecule has 0 saturated heterocycles. The first-order valence-electron chi connectivity index (χ1n) is 6.51. The van der Waals surface area contributed by atoms with E-state index < -0.39 is 0 Å². The SMILES string of the molecule is N#Cc1cc2c(nc1OCCCCCO)CCC2. The fraction of sp³-hybridized carbons (Fsp3) is 0.571. The summed E-state index contributed by atoms with van der Waals surface area (Å²) in [7, 11) is 0. The molecule has 18 heavy (non-hydrogen) atoms. The van der Waals surface area contributed by atoms with Crippen LogP contribution in [0.5, 0.6) is 5.88 Å². The fourth-order valence-corrected chi connectivity index (χ4v) is 2.20. The number of nitrogens with zero attached hydrogens (tertiary/aromatic N) is 2. The van der Waals surface area contributed by atoms with Crippen molar-refractivity contribution in [2.24, 2.45) is 0 Å². The second-order valence-electron chi connectivity index (χ2n) is 4.54. The molecule has 1 aliphatic carbocycles. The van der Waals surface area contributed by atoms with Crippen LogP contribution in [-0.2, 0) is 12.8 Å². The highest BCUT2D eigenvalue weighted by Gasteiger charge is 2.16. The van der Waals surface area contributed by atoms with E-state index in [9.17, 15) is 0 Å². The van der Waals surface area contributed by atoms with Gasteiger partial charge in [-0.1, -0.05) is 0 Å². The first-order chi connectivity index (χ1) is 8.85. The number of nitriles is 1. The van der Waals surface area contributed by atoms with E-state index in [0.29, 0.717) is 18.1 Å².